The zero-order valence-electron chi connectivity index (χ0n) is 44.4. The first-order valence-corrected chi connectivity index (χ1v) is 27.4. The van der Waals surface area contributed by atoms with Crippen LogP contribution in [-0.4, -0.2) is 56.7 Å². The molecule has 4 aromatic heterocycles. The van der Waals surface area contributed by atoms with E-state index in [9.17, 15) is 29.3 Å². The minimum atomic E-state index is -1.41. The summed E-state index contributed by atoms with van der Waals surface area (Å²) in [5, 5.41) is 49.0. The van der Waals surface area contributed by atoms with Crippen molar-refractivity contribution in [2.24, 2.45) is 11.8 Å². The molecule has 17 heteroatoms. The number of aromatic carboxylic acids is 1. The Labute approximate surface area is 476 Å². The van der Waals surface area contributed by atoms with Crippen LogP contribution in [0.2, 0.25) is 10.0 Å². The summed E-state index contributed by atoms with van der Waals surface area (Å²) in [4.78, 5) is 33.4. The Balaban J connectivity index is 0.000000151. The third-order valence-electron chi connectivity index (χ3n) is 14.7. The van der Waals surface area contributed by atoms with E-state index in [0.29, 0.717) is 80.0 Å². The molecule has 2 unspecified atom stereocenters. The van der Waals surface area contributed by atoms with Gasteiger partial charge in [0.1, 0.15) is 28.5 Å². The molecular formula is C64H58Cl2F2N8O5. The molecule has 0 saturated heterocycles. The van der Waals surface area contributed by atoms with Crippen LogP contribution in [0, 0.1) is 37.3 Å². The van der Waals surface area contributed by atoms with Crippen LogP contribution in [0.1, 0.15) is 106 Å². The Morgan fingerprint density at radius 1 is 0.593 bits per heavy atom. The number of carbonyl (C=O) groups excluding carboxylic acids is 1. The molecular weight excluding hydrogens is 1070 g/mol. The highest BCUT2D eigenvalue weighted by Gasteiger charge is 2.37. The fourth-order valence-corrected chi connectivity index (χ4v) is 10.3. The van der Waals surface area contributed by atoms with E-state index < -0.39 is 34.7 Å². The number of aryl methyl sites for hydroxylation is 2. The predicted molar refractivity (Wildman–Crippen MR) is 312 cm³/mol. The van der Waals surface area contributed by atoms with Crippen molar-refractivity contribution in [3.05, 3.63) is 237 Å². The molecule has 13 nitrogen and oxygen atoms in total. The largest absolute Gasteiger partial charge is 0.477 e. The molecule has 4 heterocycles. The van der Waals surface area contributed by atoms with Crippen molar-refractivity contribution in [1.29, 1.82) is 0 Å². The second kappa shape index (κ2) is 23.8. The number of amides is 1. The van der Waals surface area contributed by atoms with Crippen molar-refractivity contribution in [1.82, 2.24) is 29.5 Å². The molecule has 0 aliphatic heterocycles. The third kappa shape index (κ3) is 13.0. The molecule has 2 aliphatic rings. The molecule has 6 aromatic carbocycles. The number of benzene rings is 6. The summed E-state index contributed by atoms with van der Waals surface area (Å²) in [6.45, 7) is 3.56. The van der Waals surface area contributed by atoms with Crippen LogP contribution < -0.4 is 11.1 Å². The zero-order chi connectivity index (χ0) is 57.0. The van der Waals surface area contributed by atoms with Crippen LogP contribution in [0.3, 0.4) is 0 Å². The molecule has 0 bridgehead atoms. The van der Waals surface area contributed by atoms with E-state index in [-0.39, 0.29) is 22.8 Å². The van der Waals surface area contributed by atoms with E-state index in [1.807, 2.05) is 84.9 Å². The Bertz CT molecular complexity index is 3930. The maximum absolute atomic E-state index is 15.1. The predicted octanol–water partition coefficient (Wildman–Crippen LogP) is 14.1. The molecule has 81 heavy (non-hydrogen) atoms. The van der Waals surface area contributed by atoms with Gasteiger partial charge in [-0.05, 0) is 193 Å². The lowest BCUT2D eigenvalue weighted by Crippen LogP contribution is -2.29. The summed E-state index contributed by atoms with van der Waals surface area (Å²) in [6, 6.07) is 45.2. The van der Waals surface area contributed by atoms with E-state index in [2.05, 4.69) is 25.5 Å². The summed E-state index contributed by atoms with van der Waals surface area (Å²) in [6.07, 6.45) is 10.8. The second-order valence-corrected chi connectivity index (χ2v) is 21.7. The molecule has 1 amide bonds. The molecule has 2 atom stereocenters. The first-order chi connectivity index (χ1) is 38.9. The number of halogens is 4. The first kappa shape index (κ1) is 56.0. The van der Waals surface area contributed by atoms with Crippen molar-refractivity contribution in [3.8, 4) is 11.4 Å². The Morgan fingerprint density at radius 2 is 1.05 bits per heavy atom. The van der Waals surface area contributed by atoms with Gasteiger partial charge >= 0.3 is 5.97 Å². The van der Waals surface area contributed by atoms with Gasteiger partial charge in [-0.25, -0.2) is 22.9 Å². The van der Waals surface area contributed by atoms with Crippen LogP contribution >= 0.6 is 23.2 Å². The lowest BCUT2D eigenvalue weighted by atomic mass is 9.84. The van der Waals surface area contributed by atoms with Crippen LogP contribution in [0.25, 0.3) is 32.9 Å². The summed E-state index contributed by atoms with van der Waals surface area (Å²) in [5.41, 5.74) is 8.30. The van der Waals surface area contributed by atoms with Gasteiger partial charge in [-0.15, -0.1) is 0 Å². The highest BCUT2D eigenvalue weighted by atomic mass is 35.5. The number of pyridine rings is 2. The molecule has 2 saturated carbocycles. The molecule has 6 N–H and O–H groups in total. The van der Waals surface area contributed by atoms with Gasteiger partial charge in [-0.2, -0.15) is 10.2 Å². The number of aromatic nitrogens is 6. The Morgan fingerprint density at radius 3 is 1.52 bits per heavy atom. The van der Waals surface area contributed by atoms with Gasteiger partial charge in [0.2, 0.25) is 0 Å². The van der Waals surface area contributed by atoms with Gasteiger partial charge in [0.15, 0.2) is 5.69 Å². The van der Waals surface area contributed by atoms with Crippen molar-refractivity contribution < 1.29 is 33.7 Å². The number of anilines is 2. The van der Waals surface area contributed by atoms with E-state index in [1.165, 1.54) is 41.8 Å². The highest BCUT2D eigenvalue weighted by molar-refractivity contribution is 6.31. The summed E-state index contributed by atoms with van der Waals surface area (Å²) in [5.74, 6) is -1.31. The van der Waals surface area contributed by atoms with Gasteiger partial charge < -0.3 is 26.4 Å². The van der Waals surface area contributed by atoms with E-state index in [4.69, 9.17) is 28.9 Å². The number of carbonyl (C=O) groups is 2. The average molecular weight is 1130 g/mol. The van der Waals surface area contributed by atoms with Gasteiger partial charge in [0, 0.05) is 22.4 Å². The smallest absolute Gasteiger partial charge is 0.354 e. The Hall–Kier alpha value is -8.34. The summed E-state index contributed by atoms with van der Waals surface area (Å²) in [7, 11) is 0. The standard InChI is InChI=1S/C32H28ClFN4O2.C17H19FN2O.C15H11ClN2O2/c1-20-16-29(38(37-20)26-11-8-22-17-25(33)10-7-23(22)18-26)31(39)36-28-19-24(9-12-27(28)34)32(40,14-13-21-5-6-21)30-4-2-3-15-35-30;18-14-7-6-13(11-15(14)19)17(21,9-8-12-4-5-12)16-3-1-2-10-20-16;1-9-6-14(15(19)20)18(17-9)13-5-3-10-7-12(16)4-2-11(10)8-13/h2-4,7-12,15-19,21,40H,5-6,13-14H2,1H3,(H,36,39);1-3,6-7,10-12,21H,4-5,8-9,19H2;2-8H,1H3,(H,19,20). The molecule has 2 fully saturated rings. The van der Waals surface area contributed by atoms with Crippen LogP contribution in [0.4, 0.5) is 20.2 Å². The zero-order valence-corrected chi connectivity index (χ0v) is 45.9. The SMILES string of the molecule is Cc1cc(C(=O)Nc2cc(C(O)(CCC3CC3)c3ccccn3)ccc2F)n(-c2ccc3cc(Cl)ccc3c2)n1.Cc1cc(C(=O)O)n(-c2ccc3cc(Cl)ccc3c2)n1.Nc1cc(C(O)(CCC2CC2)c2ccccn2)ccc1F. The van der Waals surface area contributed by atoms with Crippen molar-refractivity contribution in [2.45, 2.75) is 76.4 Å². The van der Waals surface area contributed by atoms with Crippen molar-refractivity contribution in [3.63, 3.8) is 0 Å². The lowest BCUT2D eigenvalue weighted by molar-refractivity contribution is 0.0622. The highest BCUT2D eigenvalue weighted by Crippen LogP contribution is 2.43. The molecule has 2 aliphatic carbocycles. The summed E-state index contributed by atoms with van der Waals surface area (Å²) < 4.78 is 31.4. The molecule has 0 spiro atoms. The average Bonchev–Trinajstić information content (AvgIpc) is 4.49. The van der Waals surface area contributed by atoms with Crippen LogP contribution in [0.15, 0.2) is 170 Å². The number of nitrogen functional groups attached to an aromatic ring is 1. The van der Waals surface area contributed by atoms with E-state index in [1.54, 1.807) is 79.5 Å². The topological polar surface area (TPSA) is 194 Å². The second-order valence-electron chi connectivity index (χ2n) is 20.8. The number of nitrogens with one attached hydrogen (secondary N) is 1. The van der Waals surface area contributed by atoms with Gasteiger partial charge in [-0.1, -0.05) is 97.4 Å². The van der Waals surface area contributed by atoms with Crippen LogP contribution in [-0.2, 0) is 11.2 Å². The normalized spacial score (nSPS) is 14.5. The quantitative estimate of drug-likeness (QED) is 0.0617. The molecule has 10 aromatic rings. The van der Waals surface area contributed by atoms with Crippen LogP contribution in [0.5, 0.6) is 0 Å². The van der Waals surface area contributed by atoms with E-state index in [0.717, 1.165) is 47.2 Å². The number of hydrogen-bond acceptors (Lipinski definition) is 9. The number of fused-ring (bicyclic) bond motifs is 2. The number of nitrogens with two attached hydrogens (primary N) is 1. The monoisotopic (exact) mass is 1130 g/mol. The lowest BCUT2D eigenvalue weighted by Gasteiger charge is -2.29. The molecule has 12 rings (SSSR count). The van der Waals surface area contributed by atoms with Gasteiger partial charge in [0.25, 0.3) is 5.91 Å². The van der Waals surface area contributed by atoms with Crippen molar-refractivity contribution >= 4 is 68.0 Å². The number of aliphatic hydroxyl groups is 2. The summed E-state index contributed by atoms with van der Waals surface area (Å²) >= 11 is 12.1. The maximum atomic E-state index is 15.1. The molecule has 0 radical (unpaired) electrons. The Kier molecular flexibility index (Phi) is 16.4. The molecule has 412 valence electrons. The minimum absolute atomic E-state index is 0.0261. The maximum Gasteiger partial charge on any atom is 0.354 e. The fourth-order valence-electron chi connectivity index (χ4n) is 9.94. The van der Waals surface area contributed by atoms with Crippen molar-refractivity contribution in [2.75, 3.05) is 11.1 Å². The number of rotatable bonds is 15. The number of hydrogen-bond donors (Lipinski definition) is 5. The number of carboxylic acid groups (broad SMARTS) is 1. The number of carboxylic acids is 1. The minimum Gasteiger partial charge on any atom is -0.477 e. The van der Waals surface area contributed by atoms with Gasteiger partial charge in [-0.3, -0.25) is 14.8 Å². The fraction of sp³-hybridized carbons (Fsp3) is 0.219. The first-order valence-electron chi connectivity index (χ1n) is 26.6. The van der Waals surface area contributed by atoms with Gasteiger partial charge in [0.05, 0.1) is 45.5 Å². The number of nitrogens with zero attached hydrogens (tertiary/aromatic N) is 6. The van der Waals surface area contributed by atoms with E-state index >= 15 is 4.39 Å². The third-order valence-corrected chi connectivity index (χ3v) is 15.2.